The Kier molecular flexibility index (Phi) is 4.94. The van der Waals surface area contributed by atoms with Gasteiger partial charge in [0.2, 0.25) is 0 Å². The average molecular weight is 257 g/mol. The Bertz CT molecular complexity index is 297. The Labute approximate surface area is 91.5 Å². The average Bonchev–Trinajstić information content (AvgIpc) is 2.17. The van der Waals surface area contributed by atoms with Gasteiger partial charge in [0.25, 0.3) is 10.2 Å². The van der Waals surface area contributed by atoms with E-state index < -0.39 is 40.1 Å². The van der Waals surface area contributed by atoms with Crippen LogP contribution >= 0.6 is 0 Å². The van der Waals surface area contributed by atoms with Crippen LogP contribution in [0.5, 0.6) is 0 Å². The van der Waals surface area contributed by atoms with Gasteiger partial charge in [-0.25, -0.2) is 0 Å². The molecule has 17 heavy (non-hydrogen) atoms. The van der Waals surface area contributed by atoms with Crippen molar-refractivity contribution in [2.45, 2.75) is 11.8 Å². The van der Waals surface area contributed by atoms with E-state index in [9.17, 15) is 30.3 Å². The van der Waals surface area contributed by atoms with Gasteiger partial charge in [-0.2, -0.15) is 0 Å². The Morgan fingerprint density at radius 3 is 1.53 bits per heavy atom. The lowest BCUT2D eigenvalue weighted by atomic mass is 10.0. The predicted molar refractivity (Wildman–Crippen MR) is 43.8 cm³/mol. The van der Waals surface area contributed by atoms with Crippen LogP contribution in [0.2, 0.25) is 0 Å². The van der Waals surface area contributed by atoms with Crippen LogP contribution in [0, 0.1) is 30.3 Å². The van der Waals surface area contributed by atoms with E-state index in [-0.39, 0.29) is 0 Å². The van der Waals surface area contributed by atoms with Crippen LogP contribution in [-0.4, -0.2) is 50.4 Å². The summed E-state index contributed by atoms with van der Waals surface area (Å²) in [6.07, 6.45) is -2.70. The maximum atomic E-state index is 10.6. The fourth-order valence-electron chi connectivity index (χ4n) is 0.772. The highest BCUT2D eigenvalue weighted by atomic mass is 17.0. The molecule has 0 bridgehead atoms. The fraction of sp³-hybridized carbons (Fsp3) is 1.00. The minimum absolute atomic E-state index is 1.37. The first-order valence-electron chi connectivity index (χ1n) is 3.78. The normalized spacial score (nSPS) is 11.0. The molecule has 0 aromatic carbocycles. The quantitative estimate of drug-likeness (QED) is 0.272. The van der Waals surface area contributed by atoms with E-state index in [1.807, 2.05) is 0 Å². The molecule has 0 rings (SSSR count). The van der Waals surface area contributed by atoms with Crippen LogP contribution in [-0.2, 0) is 9.68 Å². The van der Waals surface area contributed by atoms with Gasteiger partial charge in [-0.1, -0.05) is 0 Å². The van der Waals surface area contributed by atoms with E-state index in [1.54, 1.807) is 0 Å². The highest BCUT2D eigenvalue weighted by Gasteiger charge is 2.55. The first kappa shape index (κ1) is 14.7. The lowest BCUT2D eigenvalue weighted by molar-refractivity contribution is -0.869. The zero-order valence-corrected chi connectivity index (χ0v) is 7.99. The van der Waals surface area contributed by atoms with Crippen molar-refractivity contribution >= 4 is 0 Å². The molecular weight excluding hydrogens is 250 g/mol. The van der Waals surface area contributed by atoms with E-state index in [0.717, 1.165) is 0 Å². The molecule has 0 atom stereocenters. The molecule has 13 nitrogen and oxygen atoms in total. The summed E-state index contributed by atoms with van der Waals surface area (Å²) >= 11 is 0. The third-order valence-electron chi connectivity index (χ3n) is 1.71. The third kappa shape index (κ3) is 3.35. The summed E-state index contributed by atoms with van der Waals surface area (Å²) in [7, 11) is 0. The highest BCUT2D eigenvalue weighted by molar-refractivity contribution is 4.81. The monoisotopic (exact) mass is 257 g/mol. The molecule has 0 aromatic heterocycles. The standard InChI is InChI=1S/C4H7N3O10/c8-1-4(2-9,5(10)11)3(16-6(12)13)17-7(14)15/h3,8-9H,1-2H2. The van der Waals surface area contributed by atoms with Gasteiger partial charge in [0.15, 0.2) is 0 Å². The second-order valence-electron chi connectivity index (χ2n) is 2.67. The second-order valence-corrected chi connectivity index (χ2v) is 2.67. The van der Waals surface area contributed by atoms with Crippen molar-refractivity contribution in [3.05, 3.63) is 30.3 Å². The summed E-state index contributed by atoms with van der Waals surface area (Å²) in [5, 5.41) is 44.8. The smallest absolute Gasteiger partial charge is 0.327 e. The van der Waals surface area contributed by atoms with Gasteiger partial charge in [-0.3, -0.25) is 19.8 Å². The van der Waals surface area contributed by atoms with E-state index in [0.29, 0.717) is 0 Å². The van der Waals surface area contributed by atoms with Crippen molar-refractivity contribution in [2.75, 3.05) is 13.2 Å². The summed E-state index contributed by atoms with van der Waals surface area (Å²) in [6.45, 7) is -2.94. The van der Waals surface area contributed by atoms with Gasteiger partial charge in [-0.05, 0) is 0 Å². The molecule has 0 saturated carbocycles. The minimum Gasteiger partial charge on any atom is -0.389 e. The van der Waals surface area contributed by atoms with Crippen molar-refractivity contribution in [1.82, 2.24) is 0 Å². The third-order valence-corrected chi connectivity index (χ3v) is 1.71. The van der Waals surface area contributed by atoms with Gasteiger partial charge in [0.05, 0.1) is 0 Å². The Morgan fingerprint density at radius 2 is 1.35 bits per heavy atom. The van der Waals surface area contributed by atoms with Crippen molar-refractivity contribution in [3.8, 4) is 0 Å². The topological polar surface area (TPSA) is 188 Å². The minimum atomic E-state index is -2.93. The number of nitro groups is 1. The molecule has 0 saturated heterocycles. The van der Waals surface area contributed by atoms with Crippen LogP contribution in [0.1, 0.15) is 0 Å². The molecule has 98 valence electrons. The van der Waals surface area contributed by atoms with Crippen molar-refractivity contribution < 1.29 is 35.0 Å². The molecule has 0 fully saturated rings. The molecule has 0 spiro atoms. The molecule has 0 aromatic rings. The van der Waals surface area contributed by atoms with E-state index in [4.69, 9.17) is 10.2 Å². The predicted octanol–water partition coefficient (Wildman–Crippen LogP) is -2.27. The van der Waals surface area contributed by atoms with Crippen LogP contribution in [0.4, 0.5) is 0 Å². The van der Waals surface area contributed by atoms with Crippen LogP contribution < -0.4 is 0 Å². The SMILES string of the molecule is O=[N+]([O-])OC(O[N+](=O)[O-])C(CO)(CO)[N+](=O)[O-]. The molecule has 13 heteroatoms. The first-order valence-corrected chi connectivity index (χ1v) is 3.78. The van der Waals surface area contributed by atoms with Gasteiger partial charge in [0, 0.05) is 4.92 Å². The maximum Gasteiger partial charge on any atom is 0.327 e. The number of hydrogen-bond acceptors (Lipinski definition) is 10. The Balaban J connectivity index is 5.26. The van der Waals surface area contributed by atoms with Crippen LogP contribution in [0.3, 0.4) is 0 Å². The van der Waals surface area contributed by atoms with E-state index in [2.05, 4.69) is 9.68 Å². The highest BCUT2D eigenvalue weighted by Crippen LogP contribution is 2.19. The zero-order chi connectivity index (χ0) is 13.6. The lowest BCUT2D eigenvalue weighted by Crippen LogP contribution is -2.58. The Morgan fingerprint density at radius 1 is 1.00 bits per heavy atom. The van der Waals surface area contributed by atoms with E-state index in [1.165, 1.54) is 0 Å². The number of aliphatic hydroxyl groups excluding tert-OH is 2. The van der Waals surface area contributed by atoms with Gasteiger partial charge >= 0.3 is 11.8 Å². The van der Waals surface area contributed by atoms with Crippen molar-refractivity contribution in [3.63, 3.8) is 0 Å². The maximum absolute atomic E-state index is 10.6. The Hall–Kier alpha value is -2.28. The first-order chi connectivity index (χ1) is 7.80. The second kappa shape index (κ2) is 5.71. The zero-order valence-electron chi connectivity index (χ0n) is 7.99. The number of nitrogens with zero attached hydrogens (tertiary/aromatic N) is 3. The van der Waals surface area contributed by atoms with Crippen molar-refractivity contribution in [2.24, 2.45) is 0 Å². The largest absolute Gasteiger partial charge is 0.389 e. The molecular formula is C4H7N3O10. The lowest BCUT2D eigenvalue weighted by Gasteiger charge is -2.25. The van der Waals surface area contributed by atoms with Gasteiger partial charge < -0.3 is 10.2 Å². The molecule has 0 radical (unpaired) electrons. The number of aliphatic hydroxyl groups is 2. The number of rotatable bonds is 8. The summed E-state index contributed by atoms with van der Waals surface area (Å²) < 4.78 is 0. The summed E-state index contributed by atoms with van der Waals surface area (Å²) in [5.74, 6) is 0. The molecule has 0 aliphatic rings. The van der Waals surface area contributed by atoms with Gasteiger partial charge in [0.1, 0.15) is 13.2 Å². The molecule has 0 aliphatic heterocycles. The molecule has 0 aliphatic carbocycles. The fourth-order valence-corrected chi connectivity index (χ4v) is 0.772. The molecule has 0 heterocycles. The van der Waals surface area contributed by atoms with Crippen LogP contribution in [0.15, 0.2) is 0 Å². The molecule has 2 N–H and O–H groups in total. The van der Waals surface area contributed by atoms with Gasteiger partial charge in [-0.15, -0.1) is 20.2 Å². The summed E-state index contributed by atoms with van der Waals surface area (Å²) in [4.78, 5) is 36.3. The molecule has 0 amide bonds. The van der Waals surface area contributed by atoms with Crippen LogP contribution in [0.25, 0.3) is 0 Å². The van der Waals surface area contributed by atoms with Crippen molar-refractivity contribution in [1.29, 1.82) is 0 Å². The molecule has 0 unspecified atom stereocenters. The number of hydrogen-bond donors (Lipinski definition) is 2. The summed E-state index contributed by atoms with van der Waals surface area (Å²) in [5.41, 5.74) is -2.93. The van der Waals surface area contributed by atoms with E-state index >= 15 is 0 Å². The summed E-state index contributed by atoms with van der Waals surface area (Å²) in [6, 6.07) is 0.